The highest BCUT2D eigenvalue weighted by atomic mass is 19.4. The Balaban J connectivity index is 3.89. The normalized spacial score (nSPS) is 13.8. The molecule has 0 amide bonds. The number of alkyl halides is 3. The summed E-state index contributed by atoms with van der Waals surface area (Å²) in [6, 6.07) is 0. The third kappa shape index (κ3) is 8.09. The Labute approximate surface area is 77.3 Å². The smallest absolute Gasteiger partial charge is 0.366 e. The minimum absolute atomic E-state index is 0.336. The molecule has 0 aromatic heterocycles. The fraction of sp³-hybridized carbons (Fsp3) is 1.00. The van der Waals surface area contributed by atoms with E-state index in [0.717, 1.165) is 0 Å². The predicted molar refractivity (Wildman–Crippen MR) is 45.5 cm³/mol. The molecule has 0 aromatic carbocycles. The lowest BCUT2D eigenvalue weighted by molar-refractivity contribution is -0.202. The molecule has 4 heteroatoms. The van der Waals surface area contributed by atoms with E-state index in [1.165, 1.54) is 0 Å². The van der Waals surface area contributed by atoms with Crippen LogP contribution in [0.25, 0.3) is 0 Å². The summed E-state index contributed by atoms with van der Waals surface area (Å²) in [5.74, 6) is 0.336. The molecular weight excluding hydrogens is 181 g/mol. The topological polar surface area (TPSA) is 9.23 Å². The number of hydrogen-bond acceptors (Lipinski definition) is 1. The largest absolute Gasteiger partial charge is 0.411 e. The Morgan fingerprint density at radius 2 is 1.62 bits per heavy atom. The van der Waals surface area contributed by atoms with E-state index < -0.39 is 18.4 Å². The van der Waals surface area contributed by atoms with Crippen molar-refractivity contribution in [2.24, 2.45) is 5.92 Å². The van der Waals surface area contributed by atoms with Gasteiger partial charge in [0.05, 0.1) is 5.60 Å². The molecule has 0 unspecified atom stereocenters. The van der Waals surface area contributed by atoms with Gasteiger partial charge in [-0.25, -0.2) is 0 Å². The van der Waals surface area contributed by atoms with Crippen LogP contribution in [0.15, 0.2) is 0 Å². The highest BCUT2D eigenvalue weighted by Crippen LogP contribution is 2.24. The lowest BCUT2D eigenvalue weighted by Gasteiger charge is -2.27. The van der Waals surface area contributed by atoms with Gasteiger partial charge in [0.15, 0.2) is 0 Å². The number of rotatable bonds is 4. The second-order valence-electron chi connectivity index (χ2n) is 4.26. The molecule has 0 bridgehead atoms. The van der Waals surface area contributed by atoms with Gasteiger partial charge in [0.2, 0.25) is 0 Å². The lowest BCUT2D eigenvalue weighted by Crippen LogP contribution is -2.31. The van der Waals surface area contributed by atoms with Gasteiger partial charge < -0.3 is 4.74 Å². The van der Waals surface area contributed by atoms with E-state index in [2.05, 4.69) is 0 Å². The summed E-state index contributed by atoms with van der Waals surface area (Å²) in [6.07, 6.45) is -3.60. The van der Waals surface area contributed by atoms with Crippen molar-refractivity contribution in [1.82, 2.24) is 0 Å². The Kier molecular flexibility index (Phi) is 4.23. The first-order valence-electron chi connectivity index (χ1n) is 4.33. The van der Waals surface area contributed by atoms with Gasteiger partial charge in [-0.1, -0.05) is 13.8 Å². The van der Waals surface area contributed by atoms with E-state index in [1.807, 2.05) is 13.8 Å². The van der Waals surface area contributed by atoms with Crippen LogP contribution in [0.1, 0.15) is 34.1 Å². The molecule has 0 radical (unpaired) electrons. The Bertz CT molecular complexity index is 149. The van der Waals surface area contributed by atoms with E-state index in [1.54, 1.807) is 13.8 Å². The number of halogens is 3. The minimum atomic E-state index is -4.23. The van der Waals surface area contributed by atoms with Gasteiger partial charge in [0.25, 0.3) is 0 Å². The molecule has 0 aliphatic heterocycles. The molecular formula is C9H17F3O. The molecule has 1 nitrogen and oxygen atoms in total. The van der Waals surface area contributed by atoms with Crippen LogP contribution in [-0.2, 0) is 4.74 Å². The first-order valence-corrected chi connectivity index (χ1v) is 4.33. The zero-order chi connectivity index (χ0) is 10.7. The van der Waals surface area contributed by atoms with Crippen molar-refractivity contribution < 1.29 is 17.9 Å². The van der Waals surface area contributed by atoms with Gasteiger partial charge in [-0.15, -0.1) is 0 Å². The molecule has 0 aromatic rings. The first kappa shape index (κ1) is 12.8. The summed E-state index contributed by atoms with van der Waals surface area (Å²) in [6.45, 7) is 6.11. The molecule has 0 rings (SSSR count). The van der Waals surface area contributed by atoms with Gasteiger partial charge in [-0.05, 0) is 26.2 Å². The molecule has 13 heavy (non-hydrogen) atoms. The average molecular weight is 198 g/mol. The summed E-state index contributed by atoms with van der Waals surface area (Å²) in [5.41, 5.74) is -0.691. The summed E-state index contributed by atoms with van der Waals surface area (Å²) in [5, 5.41) is 0. The SMILES string of the molecule is CC(C)CC(C)(C)OCC(F)(F)F. The molecule has 0 saturated heterocycles. The lowest BCUT2D eigenvalue weighted by atomic mass is 9.96. The average Bonchev–Trinajstić information content (AvgIpc) is 1.79. The molecule has 0 fully saturated rings. The first-order chi connectivity index (χ1) is 5.62. The van der Waals surface area contributed by atoms with Crippen molar-refractivity contribution in [2.45, 2.75) is 45.9 Å². The van der Waals surface area contributed by atoms with Crippen molar-refractivity contribution in [3.63, 3.8) is 0 Å². The third-order valence-electron chi connectivity index (χ3n) is 1.53. The molecule has 0 atom stereocenters. The summed E-state index contributed by atoms with van der Waals surface area (Å²) in [4.78, 5) is 0. The Hall–Kier alpha value is -0.250. The van der Waals surface area contributed by atoms with Crippen LogP contribution in [0.4, 0.5) is 13.2 Å². The van der Waals surface area contributed by atoms with Crippen molar-refractivity contribution in [2.75, 3.05) is 6.61 Å². The van der Waals surface area contributed by atoms with Crippen LogP contribution >= 0.6 is 0 Å². The molecule has 80 valence electrons. The van der Waals surface area contributed by atoms with Crippen molar-refractivity contribution in [1.29, 1.82) is 0 Å². The monoisotopic (exact) mass is 198 g/mol. The van der Waals surface area contributed by atoms with Gasteiger partial charge in [-0.3, -0.25) is 0 Å². The molecule has 0 saturated carbocycles. The maximum absolute atomic E-state index is 11.8. The van der Waals surface area contributed by atoms with Crippen LogP contribution in [0.3, 0.4) is 0 Å². The molecule has 0 N–H and O–H groups in total. The molecule has 0 aliphatic carbocycles. The fourth-order valence-corrected chi connectivity index (χ4v) is 1.32. The van der Waals surface area contributed by atoms with Crippen LogP contribution in [0.2, 0.25) is 0 Å². The van der Waals surface area contributed by atoms with E-state index >= 15 is 0 Å². The van der Waals surface area contributed by atoms with E-state index in [0.29, 0.717) is 12.3 Å². The minimum Gasteiger partial charge on any atom is -0.366 e. The highest BCUT2D eigenvalue weighted by molar-refractivity contribution is 4.71. The third-order valence-corrected chi connectivity index (χ3v) is 1.53. The van der Waals surface area contributed by atoms with Gasteiger partial charge >= 0.3 is 6.18 Å². The van der Waals surface area contributed by atoms with Gasteiger partial charge in [0, 0.05) is 0 Å². The van der Waals surface area contributed by atoms with E-state index in [4.69, 9.17) is 4.74 Å². The summed E-state index contributed by atoms with van der Waals surface area (Å²) >= 11 is 0. The van der Waals surface area contributed by atoms with Crippen LogP contribution in [-0.4, -0.2) is 18.4 Å². The second kappa shape index (κ2) is 4.31. The van der Waals surface area contributed by atoms with Crippen molar-refractivity contribution in [3.8, 4) is 0 Å². The standard InChI is InChI=1S/C9H17F3O/c1-7(2)5-8(3,4)13-6-9(10,11)12/h7H,5-6H2,1-4H3. The Morgan fingerprint density at radius 3 is 1.92 bits per heavy atom. The van der Waals surface area contributed by atoms with Gasteiger partial charge in [-0.2, -0.15) is 13.2 Å². The summed E-state index contributed by atoms with van der Waals surface area (Å²) in [7, 11) is 0. The highest BCUT2D eigenvalue weighted by Gasteiger charge is 2.32. The van der Waals surface area contributed by atoms with Gasteiger partial charge in [0.1, 0.15) is 6.61 Å². The van der Waals surface area contributed by atoms with E-state index in [9.17, 15) is 13.2 Å². The Morgan fingerprint density at radius 1 is 1.15 bits per heavy atom. The zero-order valence-corrected chi connectivity index (χ0v) is 8.53. The fourth-order valence-electron chi connectivity index (χ4n) is 1.32. The molecule has 0 heterocycles. The second-order valence-corrected chi connectivity index (χ2v) is 4.26. The molecule has 0 spiro atoms. The quantitative estimate of drug-likeness (QED) is 0.672. The van der Waals surface area contributed by atoms with Crippen molar-refractivity contribution in [3.05, 3.63) is 0 Å². The van der Waals surface area contributed by atoms with Crippen LogP contribution in [0, 0.1) is 5.92 Å². The van der Waals surface area contributed by atoms with Crippen LogP contribution < -0.4 is 0 Å². The number of hydrogen-bond donors (Lipinski definition) is 0. The maximum atomic E-state index is 11.8. The zero-order valence-electron chi connectivity index (χ0n) is 8.53. The summed E-state index contributed by atoms with van der Waals surface area (Å²) < 4.78 is 40.2. The molecule has 0 aliphatic rings. The van der Waals surface area contributed by atoms with E-state index in [-0.39, 0.29) is 0 Å². The van der Waals surface area contributed by atoms with Crippen molar-refractivity contribution >= 4 is 0 Å². The predicted octanol–water partition coefficient (Wildman–Crippen LogP) is 3.39. The number of ether oxygens (including phenoxy) is 1. The maximum Gasteiger partial charge on any atom is 0.411 e. The van der Waals surface area contributed by atoms with Crippen LogP contribution in [0.5, 0.6) is 0 Å².